The highest BCUT2D eigenvalue weighted by Crippen LogP contribution is 2.18. The molecule has 0 fully saturated rings. The van der Waals surface area contributed by atoms with Crippen molar-refractivity contribution in [1.29, 1.82) is 0 Å². The predicted molar refractivity (Wildman–Crippen MR) is 181 cm³/mol. The maximum absolute atomic E-state index is 12.5. The summed E-state index contributed by atoms with van der Waals surface area (Å²) < 4.78 is 5.82. The molecule has 4 nitrogen and oxygen atoms in total. The highest BCUT2D eigenvalue weighted by molar-refractivity contribution is 5.69. The van der Waals surface area contributed by atoms with Crippen molar-refractivity contribution in [3.05, 3.63) is 0 Å². The monoisotopic (exact) mass is 595 g/mol. The minimum atomic E-state index is -0.765. The Hall–Kier alpha value is -1.06. The van der Waals surface area contributed by atoms with Crippen molar-refractivity contribution in [3.8, 4) is 0 Å². The van der Waals surface area contributed by atoms with Crippen LogP contribution in [-0.4, -0.2) is 23.1 Å². The van der Waals surface area contributed by atoms with Crippen LogP contribution in [0.2, 0.25) is 0 Å². The molecule has 0 saturated heterocycles. The summed E-state index contributed by atoms with van der Waals surface area (Å²) in [6, 6.07) is 0. The lowest BCUT2D eigenvalue weighted by Gasteiger charge is -2.18. The number of rotatable bonds is 35. The first-order valence-corrected chi connectivity index (χ1v) is 19.0. The second-order valence-electron chi connectivity index (χ2n) is 13.1. The Balaban J connectivity index is 3.76. The minimum absolute atomic E-state index is 0.0850. The summed E-state index contributed by atoms with van der Waals surface area (Å²) in [7, 11) is 0. The fourth-order valence-corrected chi connectivity index (χ4v) is 6.02. The molecule has 0 aliphatic rings. The molecule has 0 heterocycles. The van der Waals surface area contributed by atoms with E-state index in [1.54, 1.807) is 0 Å². The molecule has 250 valence electrons. The number of hydrogen-bond donors (Lipinski definition) is 1. The van der Waals surface area contributed by atoms with Gasteiger partial charge in [0.25, 0.3) is 0 Å². The third-order valence-corrected chi connectivity index (χ3v) is 8.83. The van der Waals surface area contributed by atoms with Crippen LogP contribution in [0.15, 0.2) is 0 Å². The number of esters is 1. The summed E-state index contributed by atoms with van der Waals surface area (Å²) >= 11 is 0. The average Bonchev–Trinajstić information content (AvgIpc) is 2.97. The van der Waals surface area contributed by atoms with E-state index in [0.717, 1.165) is 25.7 Å². The zero-order valence-electron chi connectivity index (χ0n) is 28.6. The lowest BCUT2D eigenvalue weighted by molar-refractivity contribution is -0.150. The number of carbonyl (C=O) groups excluding carboxylic acids is 1. The number of aliphatic carboxylic acids is 1. The van der Waals surface area contributed by atoms with Crippen LogP contribution in [0, 0.1) is 0 Å². The van der Waals surface area contributed by atoms with E-state index in [2.05, 4.69) is 13.8 Å². The second-order valence-corrected chi connectivity index (χ2v) is 13.1. The van der Waals surface area contributed by atoms with Crippen LogP contribution in [0.25, 0.3) is 0 Å². The first-order chi connectivity index (χ1) is 20.6. The van der Waals surface area contributed by atoms with Gasteiger partial charge in [-0.2, -0.15) is 0 Å². The summed E-state index contributed by atoms with van der Waals surface area (Å²) in [6.45, 7) is 4.55. The first-order valence-electron chi connectivity index (χ1n) is 19.0. The summed E-state index contributed by atoms with van der Waals surface area (Å²) in [5.74, 6) is -0.850. The van der Waals surface area contributed by atoms with Crippen LogP contribution in [0.4, 0.5) is 0 Å². The van der Waals surface area contributed by atoms with E-state index in [-0.39, 0.29) is 18.5 Å². The lowest BCUT2D eigenvalue weighted by Crippen LogP contribution is -2.18. The largest absolute Gasteiger partial charge is 0.481 e. The molecule has 0 radical (unpaired) electrons. The normalized spacial score (nSPS) is 12.0. The summed E-state index contributed by atoms with van der Waals surface area (Å²) in [6.07, 6.45) is 39.7. The zero-order chi connectivity index (χ0) is 30.8. The van der Waals surface area contributed by atoms with Crippen molar-refractivity contribution in [2.75, 3.05) is 0 Å². The molecule has 0 aromatic rings. The highest BCUT2D eigenvalue weighted by Gasteiger charge is 2.15. The standard InChI is InChI=1S/C38H74O4/c1-3-5-7-9-11-13-15-16-17-18-19-20-22-23-25-27-29-32-36(33-31-34-37(39)40)42-38(41)35-30-28-26-24-21-14-12-10-8-6-4-2/h36H,3-35H2,1-2H3,(H,39,40). The van der Waals surface area contributed by atoms with Gasteiger partial charge in [0.1, 0.15) is 6.10 Å². The van der Waals surface area contributed by atoms with Gasteiger partial charge >= 0.3 is 11.9 Å². The van der Waals surface area contributed by atoms with Gasteiger partial charge in [-0.3, -0.25) is 9.59 Å². The van der Waals surface area contributed by atoms with Crippen molar-refractivity contribution in [3.63, 3.8) is 0 Å². The minimum Gasteiger partial charge on any atom is -0.481 e. The molecule has 0 rings (SSSR count). The lowest BCUT2D eigenvalue weighted by atomic mass is 10.0. The van der Waals surface area contributed by atoms with Gasteiger partial charge in [0.2, 0.25) is 0 Å². The molecule has 0 spiro atoms. The third-order valence-electron chi connectivity index (χ3n) is 8.83. The zero-order valence-corrected chi connectivity index (χ0v) is 28.6. The molecule has 0 amide bonds. The van der Waals surface area contributed by atoms with Crippen LogP contribution < -0.4 is 0 Å². The Morgan fingerprint density at radius 1 is 0.429 bits per heavy atom. The Bertz CT molecular complexity index is 561. The van der Waals surface area contributed by atoms with E-state index in [1.807, 2.05) is 0 Å². The third kappa shape index (κ3) is 33.4. The summed E-state index contributed by atoms with van der Waals surface area (Å²) in [5.41, 5.74) is 0. The van der Waals surface area contributed by atoms with Crippen LogP contribution >= 0.6 is 0 Å². The van der Waals surface area contributed by atoms with Crippen LogP contribution in [0.5, 0.6) is 0 Å². The molecule has 0 aliphatic heterocycles. The molecule has 1 atom stereocenters. The molecule has 0 aliphatic carbocycles. The number of carbonyl (C=O) groups is 2. The maximum Gasteiger partial charge on any atom is 0.306 e. The van der Waals surface area contributed by atoms with Crippen LogP contribution in [-0.2, 0) is 14.3 Å². The molecule has 1 N–H and O–H groups in total. The maximum atomic E-state index is 12.5. The molecular formula is C38H74O4. The van der Waals surface area contributed by atoms with E-state index in [9.17, 15) is 9.59 Å². The van der Waals surface area contributed by atoms with Gasteiger partial charge in [0, 0.05) is 12.8 Å². The van der Waals surface area contributed by atoms with Crippen molar-refractivity contribution in [2.24, 2.45) is 0 Å². The SMILES string of the molecule is CCCCCCCCCCCCCCCCCCCC(CCCC(=O)O)OC(=O)CCCCCCCCCCCCC. The Kier molecular flexibility index (Phi) is 33.6. The fraction of sp³-hybridized carbons (Fsp3) is 0.947. The molecule has 1 unspecified atom stereocenters. The van der Waals surface area contributed by atoms with E-state index in [4.69, 9.17) is 9.84 Å². The van der Waals surface area contributed by atoms with Crippen molar-refractivity contribution in [2.45, 2.75) is 232 Å². The van der Waals surface area contributed by atoms with E-state index < -0.39 is 5.97 Å². The quantitative estimate of drug-likeness (QED) is 0.0585. The van der Waals surface area contributed by atoms with Gasteiger partial charge in [-0.1, -0.05) is 181 Å². The van der Waals surface area contributed by atoms with Gasteiger partial charge in [-0.15, -0.1) is 0 Å². The van der Waals surface area contributed by atoms with Gasteiger partial charge in [-0.05, 0) is 32.1 Å². The number of unbranched alkanes of at least 4 members (excludes halogenated alkanes) is 26. The van der Waals surface area contributed by atoms with Crippen molar-refractivity contribution >= 4 is 11.9 Å². The summed E-state index contributed by atoms with van der Waals surface area (Å²) in [4.78, 5) is 23.4. The van der Waals surface area contributed by atoms with E-state index >= 15 is 0 Å². The predicted octanol–water partition coefficient (Wildman–Crippen LogP) is 12.9. The fourth-order valence-electron chi connectivity index (χ4n) is 6.02. The summed E-state index contributed by atoms with van der Waals surface area (Å²) in [5, 5.41) is 9.00. The van der Waals surface area contributed by atoms with Gasteiger partial charge in [0.05, 0.1) is 0 Å². The molecule has 4 heteroatoms. The van der Waals surface area contributed by atoms with Crippen molar-refractivity contribution < 1.29 is 19.4 Å². The molecule has 0 aromatic carbocycles. The topological polar surface area (TPSA) is 63.6 Å². The average molecular weight is 595 g/mol. The van der Waals surface area contributed by atoms with E-state index in [0.29, 0.717) is 19.3 Å². The number of carboxylic acids is 1. The molecule has 0 saturated carbocycles. The smallest absolute Gasteiger partial charge is 0.306 e. The molecular weight excluding hydrogens is 520 g/mol. The molecule has 0 bridgehead atoms. The number of carboxylic acid groups (broad SMARTS) is 1. The van der Waals surface area contributed by atoms with Crippen molar-refractivity contribution in [1.82, 2.24) is 0 Å². The second kappa shape index (κ2) is 34.4. The Morgan fingerprint density at radius 2 is 0.738 bits per heavy atom. The van der Waals surface area contributed by atoms with Crippen LogP contribution in [0.1, 0.15) is 226 Å². The van der Waals surface area contributed by atoms with Gasteiger partial charge in [0.15, 0.2) is 0 Å². The molecule has 42 heavy (non-hydrogen) atoms. The number of ether oxygens (including phenoxy) is 1. The van der Waals surface area contributed by atoms with Gasteiger partial charge < -0.3 is 9.84 Å². The Morgan fingerprint density at radius 3 is 1.10 bits per heavy atom. The van der Waals surface area contributed by atoms with Gasteiger partial charge in [-0.25, -0.2) is 0 Å². The van der Waals surface area contributed by atoms with E-state index in [1.165, 1.54) is 161 Å². The Labute approximate surface area is 262 Å². The highest BCUT2D eigenvalue weighted by atomic mass is 16.5. The first kappa shape index (κ1) is 40.9. The number of hydrogen-bond acceptors (Lipinski definition) is 3. The molecule has 0 aromatic heterocycles. The van der Waals surface area contributed by atoms with Crippen LogP contribution in [0.3, 0.4) is 0 Å².